The number of hydrogen-bond donors (Lipinski definition) is 0. The molecule has 2 unspecified atom stereocenters. The fraction of sp³-hybridized carbons (Fsp3) is 0.947. The van der Waals surface area contributed by atoms with Crippen LogP contribution in [0.3, 0.4) is 0 Å². The molecule has 0 aliphatic heterocycles. The highest BCUT2D eigenvalue weighted by atomic mass is 16.8. The van der Waals surface area contributed by atoms with Gasteiger partial charge in [-0.05, 0) is 102 Å². The molecule has 0 aromatic carbocycles. The molecule has 0 radical (unpaired) electrons. The summed E-state index contributed by atoms with van der Waals surface area (Å²) in [6.45, 7) is 18.5. The van der Waals surface area contributed by atoms with E-state index in [4.69, 9.17) is 33.2 Å². The predicted molar refractivity (Wildman–Crippen MR) is 363 cm³/mol. The average Bonchev–Trinajstić information content (AvgIpc) is 3.49. The lowest BCUT2D eigenvalue weighted by Gasteiger charge is -2.21. The first-order chi connectivity index (χ1) is 41.1. The van der Waals surface area contributed by atoms with Crippen molar-refractivity contribution in [3.8, 4) is 0 Å². The van der Waals surface area contributed by atoms with Gasteiger partial charge in [-0.1, -0.05) is 323 Å². The second-order valence-corrected chi connectivity index (χ2v) is 25.2. The van der Waals surface area contributed by atoms with E-state index in [1.807, 2.05) is 0 Å². The van der Waals surface area contributed by atoms with Crippen molar-refractivity contribution in [2.24, 2.45) is 0 Å². The Kier molecular flexibility index (Phi) is 73.0. The van der Waals surface area contributed by atoms with Crippen LogP contribution in [0.4, 0.5) is 0 Å². The fourth-order valence-electron chi connectivity index (χ4n) is 11.1. The first kappa shape index (κ1) is 82.2. The molecule has 0 bridgehead atoms. The van der Waals surface area contributed by atoms with Crippen LogP contribution in [0.1, 0.15) is 401 Å². The summed E-state index contributed by atoms with van der Waals surface area (Å²) in [6.07, 6.45) is 79.8. The summed E-state index contributed by atoms with van der Waals surface area (Å²) in [7, 11) is 0. The third kappa shape index (κ3) is 67.0. The third-order valence-electron chi connectivity index (χ3n) is 16.7. The summed E-state index contributed by atoms with van der Waals surface area (Å²) in [6, 6.07) is 0. The zero-order chi connectivity index (χ0) is 59.9. The van der Waals surface area contributed by atoms with Crippen molar-refractivity contribution in [2.75, 3.05) is 39.6 Å². The highest BCUT2D eigenvalue weighted by Crippen LogP contribution is 2.20. The van der Waals surface area contributed by atoms with Crippen molar-refractivity contribution in [2.45, 2.75) is 426 Å². The lowest BCUT2D eigenvalue weighted by molar-refractivity contribution is -0.208. The Labute approximate surface area is 521 Å². The second kappa shape index (κ2) is 73.7. The molecule has 0 heterocycles. The summed E-state index contributed by atoms with van der Waals surface area (Å²) in [4.78, 5) is 0. The Balaban J connectivity index is 4.62. The summed E-state index contributed by atoms with van der Waals surface area (Å²) in [5, 5.41) is 0. The maximum absolute atomic E-state index is 6.55. The van der Waals surface area contributed by atoms with Crippen LogP contribution in [-0.2, 0) is 33.2 Å². The molecular weight excluding hydrogens is 1020 g/mol. The van der Waals surface area contributed by atoms with Gasteiger partial charge in [-0.3, -0.25) is 0 Å². The van der Waals surface area contributed by atoms with Gasteiger partial charge in [-0.25, -0.2) is 0 Å². The molecule has 0 N–H and O–H groups in total. The minimum atomic E-state index is -0.376. The van der Waals surface area contributed by atoms with Crippen LogP contribution in [0.15, 0.2) is 24.3 Å². The smallest absolute Gasteiger partial charge is 0.180 e. The molecule has 0 fully saturated rings. The maximum Gasteiger partial charge on any atom is 0.180 e. The molecule has 83 heavy (non-hydrogen) atoms. The predicted octanol–water partition coefficient (Wildman–Crippen LogP) is 25.5. The van der Waals surface area contributed by atoms with Gasteiger partial charge >= 0.3 is 0 Å². The Morgan fingerprint density at radius 2 is 0.398 bits per heavy atom. The van der Waals surface area contributed by atoms with E-state index in [0.29, 0.717) is 0 Å². The summed E-state index contributed by atoms with van der Waals surface area (Å²) in [5.41, 5.74) is 0. The van der Waals surface area contributed by atoms with Gasteiger partial charge in [0.15, 0.2) is 25.2 Å². The van der Waals surface area contributed by atoms with E-state index in [-0.39, 0.29) is 25.2 Å². The minimum Gasteiger partial charge on any atom is -0.353 e. The second-order valence-electron chi connectivity index (χ2n) is 25.2. The van der Waals surface area contributed by atoms with Gasteiger partial charge in [-0.2, -0.15) is 0 Å². The minimum absolute atomic E-state index is 0.00644. The molecule has 7 nitrogen and oxygen atoms in total. The molecule has 7 heteroatoms. The standard InChI is InChI=1S/C76H150O7/c1-7-13-19-23-41-49-59-69-77-73(78-70-60-50-42-24-20-14-8-2)63-53-45-37-33-29-27-31-35-39-47-55-65-75(81-67-57-17-11-5)83-76(82-68-58-18-12-6)66-56-48-40-36-32-28-30-34-38-46-54-64-74(79-71-61-51-43-25-21-15-9-3)80-72-62-52-44-26-22-16-10-4/h55-56,65-66,73-76H,7-54,57-64,67-72H2,1-6H3. The molecule has 0 amide bonds. The van der Waals surface area contributed by atoms with E-state index in [1.54, 1.807) is 0 Å². The Hall–Kier alpha value is -0.800. The van der Waals surface area contributed by atoms with Gasteiger partial charge in [0.05, 0.1) is 13.2 Å². The van der Waals surface area contributed by atoms with E-state index < -0.39 is 0 Å². The van der Waals surface area contributed by atoms with Crippen molar-refractivity contribution in [1.82, 2.24) is 0 Å². The molecule has 2 atom stereocenters. The van der Waals surface area contributed by atoms with Gasteiger partial charge in [0, 0.05) is 26.4 Å². The van der Waals surface area contributed by atoms with Crippen LogP contribution < -0.4 is 0 Å². The van der Waals surface area contributed by atoms with Crippen molar-refractivity contribution in [3.05, 3.63) is 24.3 Å². The monoisotopic (exact) mass is 1180 g/mol. The average molecular weight is 1180 g/mol. The van der Waals surface area contributed by atoms with Crippen molar-refractivity contribution in [3.63, 3.8) is 0 Å². The van der Waals surface area contributed by atoms with E-state index in [1.165, 1.54) is 321 Å². The van der Waals surface area contributed by atoms with Crippen LogP contribution in [0, 0.1) is 0 Å². The number of unbranched alkanes of at least 4 members (excludes halogenated alkanes) is 46. The zero-order valence-electron chi connectivity index (χ0n) is 57.3. The third-order valence-corrected chi connectivity index (χ3v) is 16.7. The first-order valence-electron chi connectivity index (χ1n) is 37.8. The van der Waals surface area contributed by atoms with Crippen LogP contribution in [0.2, 0.25) is 0 Å². The normalized spacial score (nSPS) is 12.9. The largest absolute Gasteiger partial charge is 0.353 e. The lowest BCUT2D eigenvalue weighted by Crippen LogP contribution is -2.25. The highest BCUT2D eigenvalue weighted by molar-refractivity contribution is 4.90. The summed E-state index contributed by atoms with van der Waals surface area (Å²) in [5.74, 6) is 0. The SMILES string of the molecule is CCCCCCCCCOC(CCCCCCCCCCCC=CC(OCCCCC)OC(C=CCCCCCCCCCCCC(OCCCCCCCCC)OCCCCCCCCC)OCCCCC)OCCCCCCCCC. The molecular formula is C76H150O7. The van der Waals surface area contributed by atoms with Crippen LogP contribution >= 0.6 is 0 Å². The van der Waals surface area contributed by atoms with Crippen molar-refractivity contribution >= 4 is 0 Å². The van der Waals surface area contributed by atoms with E-state index in [9.17, 15) is 0 Å². The van der Waals surface area contributed by atoms with Gasteiger partial charge in [0.2, 0.25) is 0 Å². The first-order valence-corrected chi connectivity index (χ1v) is 37.8. The van der Waals surface area contributed by atoms with Crippen LogP contribution in [-0.4, -0.2) is 64.8 Å². The van der Waals surface area contributed by atoms with Crippen molar-refractivity contribution < 1.29 is 33.2 Å². The summed E-state index contributed by atoms with van der Waals surface area (Å²) < 4.78 is 44.5. The van der Waals surface area contributed by atoms with Crippen LogP contribution in [0.5, 0.6) is 0 Å². The molecule has 0 saturated heterocycles. The lowest BCUT2D eigenvalue weighted by atomic mass is 10.1. The number of ether oxygens (including phenoxy) is 7. The molecule has 496 valence electrons. The molecule has 0 aromatic rings. The molecule has 0 aliphatic carbocycles. The molecule has 0 rings (SSSR count). The molecule has 0 aromatic heterocycles. The number of hydrogen-bond acceptors (Lipinski definition) is 7. The quantitative estimate of drug-likeness (QED) is 0.0342. The highest BCUT2D eigenvalue weighted by Gasteiger charge is 2.15. The van der Waals surface area contributed by atoms with Gasteiger partial charge in [0.25, 0.3) is 0 Å². The Bertz CT molecular complexity index is 1080. The molecule has 0 saturated carbocycles. The molecule has 0 aliphatic rings. The fourth-order valence-corrected chi connectivity index (χ4v) is 11.1. The van der Waals surface area contributed by atoms with Gasteiger partial charge in [-0.15, -0.1) is 0 Å². The number of rotatable bonds is 74. The number of allylic oxidation sites excluding steroid dienone is 2. The van der Waals surface area contributed by atoms with E-state index >= 15 is 0 Å². The van der Waals surface area contributed by atoms with E-state index in [2.05, 4.69) is 65.8 Å². The van der Waals surface area contributed by atoms with Crippen molar-refractivity contribution in [1.29, 1.82) is 0 Å². The Morgan fingerprint density at radius 3 is 0.663 bits per heavy atom. The summed E-state index contributed by atoms with van der Waals surface area (Å²) >= 11 is 0. The maximum atomic E-state index is 6.55. The van der Waals surface area contributed by atoms with Gasteiger partial charge in [0.1, 0.15) is 0 Å². The molecule has 0 spiro atoms. The topological polar surface area (TPSA) is 64.6 Å². The van der Waals surface area contributed by atoms with Gasteiger partial charge < -0.3 is 33.2 Å². The zero-order valence-corrected chi connectivity index (χ0v) is 57.3. The van der Waals surface area contributed by atoms with E-state index in [0.717, 1.165) is 78.2 Å². The van der Waals surface area contributed by atoms with Crippen LogP contribution in [0.25, 0.3) is 0 Å². The Morgan fingerprint density at radius 1 is 0.205 bits per heavy atom.